The van der Waals surface area contributed by atoms with Gasteiger partial charge in [0, 0.05) is 6.42 Å². The van der Waals surface area contributed by atoms with Crippen molar-refractivity contribution in [2.45, 2.75) is 44.9 Å². The summed E-state index contributed by atoms with van der Waals surface area (Å²) in [5.74, 6) is 2.71. The van der Waals surface area contributed by atoms with E-state index in [4.69, 9.17) is 0 Å². The molecule has 18 heavy (non-hydrogen) atoms. The van der Waals surface area contributed by atoms with Crippen molar-refractivity contribution in [2.75, 3.05) is 11.5 Å². The lowest BCUT2D eigenvalue weighted by Crippen LogP contribution is -2.15. The van der Waals surface area contributed by atoms with Crippen molar-refractivity contribution >= 4 is 17.5 Å². The molecule has 2 heteroatoms. The van der Waals surface area contributed by atoms with Crippen molar-refractivity contribution in [2.24, 2.45) is 0 Å². The molecule has 1 nitrogen and oxygen atoms in total. The SMILES string of the molecule is CCCSCC(=O)CC1CCCc2ccccc21. The molecule has 0 spiro atoms. The number of carbonyl (C=O) groups excluding carboxylic acids is 1. The molecule has 0 saturated carbocycles. The van der Waals surface area contributed by atoms with Gasteiger partial charge in [-0.1, -0.05) is 31.2 Å². The molecule has 2 rings (SSSR count). The van der Waals surface area contributed by atoms with Crippen molar-refractivity contribution in [3.63, 3.8) is 0 Å². The fourth-order valence-electron chi connectivity index (χ4n) is 2.73. The Kier molecular flexibility index (Phi) is 5.30. The minimum Gasteiger partial charge on any atom is -0.299 e. The first-order chi connectivity index (χ1) is 8.81. The maximum atomic E-state index is 12.0. The summed E-state index contributed by atoms with van der Waals surface area (Å²) in [5, 5.41) is 0. The second-order valence-corrected chi connectivity index (χ2v) is 6.19. The Morgan fingerprint density at radius 2 is 2.22 bits per heavy atom. The van der Waals surface area contributed by atoms with Gasteiger partial charge < -0.3 is 0 Å². The van der Waals surface area contributed by atoms with E-state index in [9.17, 15) is 4.79 Å². The highest BCUT2D eigenvalue weighted by Gasteiger charge is 2.21. The molecule has 98 valence electrons. The zero-order valence-corrected chi connectivity index (χ0v) is 12.0. The van der Waals surface area contributed by atoms with Crippen LogP contribution in [0.2, 0.25) is 0 Å². The predicted octanol–water partition coefficient (Wildman–Crippen LogP) is 4.21. The van der Waals surface area contributed by atoms with Crippen molar-refractivity contribution in [1.29, 1.82) is 0 Å². The number of hydrogen-bond acceptors (Lipinski definition) is 2. The normalized spacial score (nSPS) is 18.4. The van der Waals surface area contributed by atoms with E-state index in [1.807, 2.05) is 0 Å². The van der Waals surface area contributed by atoms with Crippen molar-refractivity contribution in [3.8, 4) is 0 Å². The highest BCUT2D eigenvalue weighted by atomic mass is 32.2. The number of ketones is 1. The summed E-state index contributed by atoms with van der Waals surface area (Å²) in [4.78, 5) is 12.0. The number of carbonyl (C=O) groups is 1. The van der Waals surface area contributed by atoms with Gasteiger partial charge in [0.05, 0.1) is 5.75 Å². The largest absolute Gasteiger partial charge is 0.299 e. The first-order valence-corrected chi connectivity index (χ1v) is 8.14. The Balaban J connectivity index is 1.92. The zero-order valence-electron chi connectivity index (χ0n) is 11.2. The summed E-state index contributed by atoms with van der Waals surface area (Å²) in [5.41, 5.74) is 2.89. The van der Waals surface area contributed by atoms with Crippen LogP contribution in [-0.4, -0.2) is 17.3 Å². The van der Waals surface area contributed by atoms with Gasteiger partial charge in [-0.15, -0.1) is 0 Å². The van der Waals surface area contributed by atoms with Gasteiger partial charge in [0.1, 0.15) is 5.78 Å². The van der Waals surface area contributed by atoms with Gasteiger partial charge >= 0.3 is 0 Å². The van der Waals surface area contributed by atoms with Gasteiger partial charge in [0.15, 0.2) is 0 Å². The van der Waals surface area contributed by atoms with Crippen LogP contribution in [0, 0.1) is 0 Å². The number of fused-ring (bicyclic) bond motifs is 1. The number of Topliss-reactive ketones (excluding diaryl/α,β-unsaturated/α-hetero) is 1. The highest BCUT2D eigenvalue weighted by Crippen LogP contribution is 2.34. The van der Waals surface area contributed by atoms with Gasteiger partial charge in [0.2, 0.25) is 0 Å². The molecule has 0 aromatic heterocycles. The third kappa shape index (κ3) is 3.61. The lowest BCUT2D eigenvalue weighted by atomic mass is 9.80. The van der Waals surface area contributed by atoms with E-state index >= 15 is 0 Å². The van der Waals surface area contributed by atoms with E-state index in [1.54, 1.807) is 11.8 Å². The zero-order chi connectivity index (χ0) is 12.8. The van der Waals surface area contributed by atoms with Crippen LogP contribution in [0.15, 0.2) is 24.3 Å². The molecular formula is C16H22OS. The van der Waals surface area contributed by atoms with Crippen LogP contribution in [0.5, 0.6) is 0 Å². The summed E-state index contributed by atoms with van der Waals surface area (Å²) in [6.07, 6.45) is 5.50. The third-order valence-corrected chi connectivity index (χ3v) is 4.80. The monoisotopic (exact) mass is 262 g/mol. The van der Waals surface area contributed by atoms with Crippen LogP contribution in [0.1, 0.15) is 49.7 Å². The van der Waals surface area contributed by atoms with Gasteiger partial charge in [-0.3, -0.25) is 4.79 Å². The first-order valence-electron chi connectivity index (χ1n) is 6.98. The molecule has 0 bridgehead atoms. The maximum absolute atomic E-state index is 12.0. The summed E-state index contributed by atoms with van der Waals surface area (Å²) >= 11 is 1.78. The average molecular weight is 262 g/mol. The molecule has 0 amide bonds. The molecule has 1 atom stereocenters. The second kappa shape index (κ2) is 6.98. The molecule has 1 aromatic rings. The predicted molar refractivity (Wildman–Crippen MR) is 79.4 cm³/mol. The quantitative estimate of drug-likeness (QED) is 0.714. The Bertz CT molecular complexity index is 400. The Hall–Kier alpha value is -0.760. The number of aryl methyl sites for hydroxylation is 1. The molecule has 0 saturated heterocycles. The van der Waals surface area contributed by atoms with Crippen molar-refractivity contribution < 1.29 is 4.79 Å². The van der Waals surface area contributed by atoms with E-state index < -0.39 is 0 Å². The molecule has 1 aliphatic rings. The number of hydrogen-bond donors (Lipinski definition) is 0. The van der Waals surface area contributed by atoms with Crippen LogP contribution in [0.3, 0.4) is 0 Å². The Labute approximate surface area is 114 Å². The van der Waals surface area contributed by atoms with E-state index in [0.29, 0.717) is 17.5 Å². The Morgan fingerprint density at radius 1 is 1.39 bits per heavy atom. The highest BCUT2D eigenvalue weighted by molar-refractivity contribution is 7.99. The van der Waals surface area contributed by atoms with E-state index in [0.717, 1.165) is 18.6 Å². The molecule has 1 unspecified atom stereocenters. The molecule has 0 aliphatic heterocycles. The van der Waals surface area contributed by atoms with Gasteiger partial charge in [-0.05, 0) is 48.5 Å². The number of rotatable bonds is 6. The average Bonchev–Trinajstić information content (AvgIpc) is 2.39. The van der Waals surface area contributed by atoms with Gasteiger partial charge in [-0.2, -0.15) is 11.8 Å². The summed E-state index contributed by atoms with van der Waals surface area (Å²) in [6.45, 7) is 2.16. The summed E-state index contributed by atoms with van der Waals surface area (Å²) < 4.78 is 0. The van der Waals surface area contributed by atoms with Crippen LogP contribution in [0.25, 0.3) is 0 Å². The smallest absolute Gasteiger partial charge is 0.143 e. The topological polar surface area (TPSA) is 17.1 Å². The third-order valence-electron chi connectivity index (χ3n) is 3.58. The molecular weight excluding hydrogens is 240 g/mol. The fourth-order valence-corrected chi connectivity index (χ4v) is 3.51. The van der Waals surface area contributed by atoms with Gasteiger partial charge in [-0.25, -0.2) is 0 Å². The van der Waals surface area contributed by atoms with Crippen molar-refractivity contribution in [1.82, 2.24) is 0 Å². The van der Waals surface area contributed by atoms with Crippen molar-refractivity contribution in [3.05, 3.63) is 35.4 Å². The molecule has 0 radical (unpaired) electrons. The molecule has 0 N–H and O–H groups in total. The molecule has 0 heterocycles. The standard InChI is InChI=1S/C16H22OS/c1-2-10-18-12-15(17)11-14-8-5-7-13-6-3-4-9-16(13)14/h3-4,6,9,14H,2,5,7-8,10-12H2,1H3. The Morgan fingerprint density at radius 3 is 3.06 bits per heavy atom. The van der Waals surface area contributed by atoms with E-state index in [2.05, 4.69) is 31.2 Å². The van der Waals surface area contributed by atoms with Gasteiger partial charge in [0.25, 0.3) is 0 Å². The lowest BCUT2D eigenvalue weighted by molar-refractivity contribution is -0.117. The lowest BCUT2D eigenvalue weighted by Gasteiger charge is -2.24. The van der Waals surface area contributed by atoms with Crippen LogP contribution in [0.4, 0.5) is 0 Å². The number of benzene rings is 1. The number of thioether (sulfide) groups is 1. The molecule has 1 aliphatic carbocycles. The first kappa shape index (κ1) is 13.7. The minimum atomic E-state index is 0.426. The second-order valence-electron chi connectivity index (χ2n) is 5.08. The van der Waals surface area contributed by atoms with E-state index in [-0.39, 0.29) is 0 Å². The van der Waals surface area contributed by atoms with Crippen LogP contribution in [-0.2, 0) is 11.2 Å². The van der Waals surface area contributed by atoms with Crippen LogP contribution < -0.4 is 0 Å². The van der Waals surface area contributed by atoms with Crippen LogP contribution >= 0.6 is 11.8 Å². The fraction of sp³-hybridized carbons (Fsp3) is 0.562. The van der Waals surface area contributed by atoms with E-state index in [1.165, 1.54) is 30.4 Å². The molecule has 0 fully saturated rings. The summed E-state index contributed by atoms with van der Waals surface area (Å²) in [7, 11) is 0. The maximum Gasteiger partial charge on any atom is 0.143 e. The minimum absolute atomic E-state index is 0.426. The molecule has 1 aromatic carbocycles. The summed E-state index contributed by atoms with van der Waals surface area (Å²) in [6, 6.07) is 8.65.